The number of hydrogen-bond acceptors (Lipinski definition) is 13. The van der Waals surface area contributed by atoms with Gasteiger partial charge in [0.05, 0.1) is 17.8 Å². The Bertz CT molecular complexity index is 3040. The van der Waals surface area contributed by atoms with Gasteiger partial charge in [0.25, 0.3) is 0 Å². The zero-order chi connectivity index (χ0) is 102. The summed E-state index contributed by atoms with van der Waals surface area (Å²) in [6.07, 6.45) is -91.4. The van der Waals surface area contributed by atoms with Crippen LogP contribution < -0.4 is 0 Å². The highest BCUT2D eigenvalue weighted by atomic mass is 19.5. The lowest BCUT2D eigenvalue weighted by Gasteiger charge is -2.59. The summed E-state index contributed by atoms with van der Waals surface area (Å²) < 4.78 is 567. The quantitative estimate of drug-likeness (QED) is 0.0723. The average Bonchev–Trinajstić information content (AvgIpc) is 0.683. The maximum atomic E-state index is 14.8. The molecule has 0 bridgehead atoms. The van der Waals surface area contributed by atoms with E-state index in [4.69, 9.17) is 0 Å². The standard InChI is InChI=1S/C24H34F12O4.C18H27F9O3.C15H18F12O3.C15H21F9O3/c1-17(37,21(25,26)27)13-5-11(6-14(9-13)18(2,38)22(28,29)30)12-7-15(19(3,39)23(31,32)33)10-16(8-12)20(4,40)24(34,35)36;1-7-10(13(4,28)16(19,20)21)8(2)12(15(6,30)18(25,26)27)9(3)11(7)14(5,29)17(22,23)24;1-10(28,13(19,20)21)4-7(16)5(11(2,29)14(22,23)24)9(18)6(8(4)17)12(3,30)15(25,26)27;1-10(25,13(16,17)18)7-4-8(11(2,26)14(19,20)21)6-9(5-7)12(3,27)15(22,23)24/h11-16,37-40H,5-10H2,1-4H3;7-12,28-30H,1-6H3;4-9,28-30H,1-3H3;7-9,25-27H,4-6H2,1-3H3. The van der Waals surface area contributed by atoms with Gasteiger partial charge in [-0.1, -0.05) is 20.8 Å². The van der Waals surface area contributed by atoms with Crippen LogP contribution in [-0.4, -0.2) is 238 Å². The topological polar surface area (TPSA) is 263 Å². The monoisotopic (exact) mass is 1970 g/mol. The van der Waals surface area contributed by atoms with Crippen molar-refractivity contribution in [2.45, 2.75) is 340 Å². The van der Waals surface area contributed by atoms with Gasteiger partial charge in [0.15, 0.2) is 72.8 Å². The van der Waals surface area contributed by atoms with Gasteiger partial charge in [-0.3, -0.25) is 0 Å². The molecule has 5 rings (SSSR count). The van der Waals surface area contributed by atoms with E-state index in [0.29, 0.717) is 27.7 Å². The fourth-order valence-corrected chi connectivity index (χ4v) is 19.0. The predicted octanol–water partition coefficient (Wildman–Crippen LogP) is 18.8. The normalized spacial score (nSPS) is 36.0. The smallest absolute Gasteiger partial charge is 0.380 e. The Morgan fingerprint density at radius 2 is 0.236 bits per heavy atom. The Morgan fingerprint density at radius 3 is 0.331 bits per heavy atom. The van der Waals surface area contributed by atoms with Crippen molar-refractivity contribution in [2.24, 2.45) is 107 Å². The van der Waals surface area contributed by atoms with Gasteiger partial charge >= 0.3 is 80.3 Å². The molecule has 0 aliphatic heterocycles. The van der Waals surface area contributed by atoms with Gasteiger partial charge in [0, 0.05) is 17.8 Å². The summed E-state index contributed by atoms with van der Waals surface area (Å²) in [5, 5.41) is 130. The Labute approximate surface area is 696 Å². The Morgan fingerprint density at radius 1 is 0.150 bits per heavy atom. The zero-order valence-electron chi connectivity index (χ0n) is 69.2. The fraction of sp³-hybridized carbons (Fsp3) is 1.00. The maximum absolute atomic E-state index is 14.8. The minimum atomic E-state index is -5.99. The largest absolute Gasteiger partial charge is 0.417 e. The van der Waals surface area contributed by atoms with E-state index in [-0.39, 0.29) is 62.3 Å². The van der Waals surface area contributed by atoms with E-state index in [1.807, 2.05) is 0 Å². The van der Waals surface area contributed by atoms with Crippen molar-refractivity contribution in [2.75, 3.05) is 0 Å². The van der Waals surface area contributed by atoms with Crippen LogP contribution in [0, 0.1) is 107 Å². The van der Waals surface area contributed by atoms with Gasteiger partial charge in [0.2, 0.25) is 0 Å². The summed E-state index contributed by atoms with van der Waals surface area (Å²) in [5.41, 5.74) is -50.0. The number of halogens is 42. The zero-order valence-corrected chi connectivity index (χ0v) is 69.2. The summed E-state index contributed by atoms with van der Waals surface area (Å²) in [5.74, 6) is -40.0. The lowest BCUT2D eigenvalue weighted by atomic mass is 9.48. The second kappa shape index (κ2) is 35.9. The van der Waals surface area contributed by atoms with Crippen molar-refractivity contribution < 1.29 is 251 Å². The van der Waals surface area contributed by atoms with E-state index in [1.54, 1.807) is 0 Å². The lowest BCUT2D eigenvalue weighted by molar-refractivity contribution is -0.348. The minimum absolute atomic E-state index is 0.252. The molecule has 13 N–H and O–H groups in total. The minimum Gasteiger partial charge on any atom is -0.380 e. The van der Waals surface area contributed by atoms with Gasteiger partial charge in [-0.15, -0.1) is 0 Å². The maximum Gasteiger partial charge on any atom is 0.417 e. The SMILES string of the molecule is CC(O)(C1C(F)C(C(C)(O)C(F)(F)F)C(F)C(C(C)(O)C(F)(F)F)C1F)C(F)(F)F.CC(O)(C1CC(C(C)(O)C(F)(F)F)CC(C(C)(O)C(F)(F)F)C1)C(F)(F)F.CC(O)(C1CC(C2CC(C(C)(O)C(F)(F)F)CC(C(C)(O)C(F)(F)F)C2)CC(C(C)(O)C(F)(F)F)C1)C(F)(F)F.CC1C(C(C)(O)C(F)(F)F)C(C)C(C(C)(O)C(F)(F)F)C(C)C1C(C)(O)C(F)(F)F. The molecule has 5 aliphatic carbocycles. The highest BCUT2D eigenvalue weighted by Crippen LogP contribution is 2.66. The van der Waals surface area contributed by atoms with E-state index in [2.05, 4.69) is 0 Å². The molecule has 5 fully saturated rings. The molecule has 55 heteroatoms. The molecular formula is C72H100F42O13. The second-order valence-corrected chi connectivity index (χ2v) is 37.0. The molecule has 13 nitrogen and oxygen atoms in total. The fourth-order valence-electron chi connectivity index (χ4n) is 19.0. The molecule has 0 heterocycles. The van der Waals surface area contributed by atoms with E-state index in [1.165, 1.54) is 0 Å². The number of aliphatic hydroxyl groups is 13. The summed E-state index contributed by atoms with van der Waals surface area (Å²) in [4.78, 5) is 0. The van der Waals surface area contributed by atoms with Crippen LogP contribution in [0.3, 0.4) is 0 Å². The number of rotatable bonds is 14. The van der Waals surface area contributed by atoms with E-state index < -0.39 is 336 Å². The molecule has 0 aromatic heterocycles. The third-order valence-corrected chi connectivity index (χ3v) is 28.2. The molecule has 5 saturated carbocycles. The van der Waals surface area contributed by atoms with Crippen molar-refractivity contribution in [3.8, 4) is 0 Å². The van der Waals surface area contributed by atoms with Gasteiger partial charge in [-0.05, 0) is 219 Å². The molecule has 0 saturated heterocycles. The Balaban J connectivity index is 0.000000580. The predicted molar refractivity (Wildman–Crippen MR) is 353 cm³/mol. The van der Waals surface area contributed by atoms with Crippen LogP contribution >= 0.6 is 0 Å². The van der Waals surface area contributed by atoms with Crippen LogP contribution in [0.25, 0.3) is 0 Å². The van der Waals surface area contributed by atoms with Gasteiger partial charge < -0.3 is 66.4 Å². The molecule has 0 amide bonds. The molecule has 127 heavy (non-hydrogen) atoms. The molecule has 0 radical (unpaired) electrons. The molecular weight excluding hydrogens is 1870 g/mol. The van der Waals surface area contributed by atoms with Gasteiger partial charge in [-0.2, -0.15) is 171 Å². The highest BCUT2D eigenvalue weighted by molar-refractivity contribution is 5.17. The summed E-state index contributed by atoms with van der Waals surface area (Å²) in [6, 6.07) is 0. The Kier molecular flexibility index (Phi) is 33.8. The second-order valence-electron chi connectivity index (χ2n) is 37.0. The van der Waals surface area contributed by atoms with Crippen molar-refractivity contribution in [1.82, 2.24) is 0 Å². The summed E-state index contributed by atoms with van der Waals surface area (Å²) in [7, 11) is 0. The first-order valence-corrected chi connectivity index (χ1v) is 37.8. The first kappa shape index (κ1) is 120. The molecule has 0 aromatic rings. The van der Waals surface area contributed by atoms with Gasteiger partial charge in [0.1, 0.15) is 18.5 Å². The first-order chi connectivity index (χ1) is 54.6. The first-order valence-electron chi connectivity index (χ1n) is 37.8. The summed E-state index contributed by atoms with van der Waals surface area (Å²) in [6.45, 7) is 4.61. The molecule has 17 unspecified atom stereocenters. The third kappa shape index (κ3) is 22.8. The van der Waals surface area contributed by atoms with Crippen LogP contribution in [0.5, 0.6) is 0 Å². The van der Waals surface area contributed by atoms with E-state index in [0.717, 1.165) is 20.8 Å². The Hall–Kier alpha value is -3.46. The molecule has 17 atom stereocenters. The summed E-state index contributed by atoms with van der Waals surface area (Å²) >= 11 is 0. The molecule has 0 aromatic carbocycles. The van der Waals surface area contributed by atoms with E-state index >= 15 is 0 Å². The van der Waals surface area contributed by atoms with Gasteiger partial charge in [-0.25, -0.2) is 13.2 Å². The van der Waals surface area contributed by atoms with Crippen LogP contribution in [0.1, 0.15) is 169 Å². The van der Waals surface area contributed by atoms with Crippen molar-refractivity contribution >= 4 is 0 Å². The highest BCUT2D eigenvalue weighted by Gasteiger charge is 2.78. The molecule has 5 aliphatic rings. The van der Waals surface area contributed by atoms with Crippen LogP contribution in [0.4, 0.5) is 184 Å². The van der Waals surface area contributed by atoms with Crippen molar-refractivity contribution in [3.05, 3.63) is 0 Å². The van der Waals surface area contributed by atoms with Crippen LogP contribution in [0.15, 0.2) is 0 Å². The van der Waals surface area contributed by atoms with E-state index in [9.17, 15) is 251 Å². The molecule has 0 spiro atoms. The molecule has 760 valence electrons. The number of alkyl halides is 42. The van der Waals surface area contributed by atoms with Crippen LogP contribution in [0.2, 0.25) is 0 Å². The number of hydrogen-bond donors (Lipinski definition) is 13. The van der Waals surface area contributed by atoms with Crippen molar-refractivity contribution in [3.63, 3.8) is 0 Å². The average molecular weight is 1970 g/mol. The lowest BCUT2D eigenvalue weighted by Crippen LogP contribution is -2.72. The van der Waals surface area contributed by atoms with Crippen molar-refractivity contribution in [1.29, 1.82) is 0 Å². The van der Waals surface area contributed by atoms with Crippen LogP contribution in [-0.2, 0) is 0 Å². The third-order valence-electron chi connectivity index (χ3n) is 28.2.